The van der Waals surface area contributed by atoms with E-state index in [1.807, 2.05) is 0 Å². The van der Waals surface area contributed by atoms with E-state index >= 15 is 0 Å². The number of rotatable bonds is 2. The smallest absolute Gasteiger partial charge is 0.0469 e. The Labute approximate surface area is 82.0 Å². The summed E-state index contributed by atoms with van der Waals surface area (Å²) in [5.74, 6) is 0.821. The minimum atomic E-state index is 0.257. The number of ether oxygens (including phenoxy) is 1. The van der Waals surface area contributed by atoms with Gasteiger partial charge in [-0.2, -0.15) is 0 Å². The molecule has 1 aliphatic rings. The Hall–Kier alpha value is -0.0800. The molecule has 1 aliphatic heterocycles. The molecule has 0 saturated carbocycles. The summed E-state index contributed by atoms with van der Waals surface area (Å²) in [7, 11) is 0. The molecular formula is C11H23NO. The van der Waals surface area contributed by atoms with Gasteiger partial charge in [-0.1, -0.05) is 0 Å². The minimum Gasteiger partial charge on any atom is -0.381 e. The van der Waals surface area contributed by atoms with Crippen LogP contribution in [-0.2, 0) is 4.74 Å². The lowest BCUT2D eigenvalue weighted by Crippen LogP contribution is -2.39. The molecule has 13 heavy (non-hydrogen) atoms. The van der Waals surface area contributed by atoms with Crippen molar-refractivity contribution < 1.29 is 4.74 Å². The first-order valence-corrected chi connectivity index (χ1v) is 5.41. The first-order valence-electron chi connectivity index (χ1n) is 5.41. The molecule has 1 N–H and O–H groups in total. The zero-order valence-electron chi connectivity index (χ0n) is 9.23. The maximum Gasteiger partial charge on any atom is 0.0469 e. The molecule has 78 valence electrons. The first-order chi connectivity index (χ1) is 6.08. The van der Waals surface area contributed by atoms with Gasteiger partial charge in [0.25, 0.3) is 0 Å². The van der Waals surface area contributed by atoms with Crippen molar-refractivity contribution in [2.24, 2.45) is 5.92 Å². The fourth-order valence-electron chi connectivity index (χ4n) is 1.63. The summed E-state index contributed by atoms with van der Waals surface area (Å²) in [4.78, 5) is 0. The molecule has 1 unspecified atom stereocenters. The van der Waals surface area contributed by atoms with Crippen LogP contribution in [0.5, 0.6) is 0 Å². The monoisotopic (exact) mass is 185 g/mol. The third kappa shape index (κ3) is 5.27. The molecular weight excluding hydrogens is 162 g/mol. The van der Waals surface area contributed by atoms with Crippen LogP contribution in [0.25, 0.3) is 0 Å². The van der Waals surface area contributed by atoms with Crippen LogP contribution in [0.3, 0.4) is 0 Å². The Morgan fingerprint density at radius 1 is 1.23 bits per heavy atom. The van der Waals surface area contributed by atoms with E-state index in [2.05, 4.69) is 26.1 Å². The third-order valence-electron chi connectivity index (χ3n) is 2.49. The second-order valence-corrected chi connectivity index (χ2v) is 5.04. The van der Waals surface area contributed by atoms with Gasteiger partial charge >= 0.3 is 0 Å². The molecule has 2 nitrogen and oxygen atoms in total. The van der Waals surface area contributed by atoms with E-state index in [4.69, 9.17) is 4.74 Å². The van der Waals surface area contributed by atoms with E-state index in [0.717, 1.165) is 25.7 Å². The van der Waals surface area contributed by atoms with Crippen LogP contribution in [0.1, 0.15) is 40.0 Å². The van der Waals surface area contributed by atoms with E-state index in [1.54, 1.807) is 0 Å². The highest BCUT2D eigenvalue weighted by atomic mass is 16.5. The Bertz CT molecular complexity index is 132. The zero-order valence-corrected chi connectivity index (χ0v) is 9.23. The summed E-state index contributed by atoms with van der Waals surface area (Å²) in [6.45, 7) is 9.73. The normalized spacial score (nSPS) is 25.6. The van der Waals surface area contributed by atoms with Crippen molar-refractivity contribution in [3.05, 3.63) is 0 Å². The molecule has 1 fully saturated rings. The van der Waals surface area contributed by atoms with Gasteiger partial charge in [0.2, 0.25) is 0 Å². The van der Waals surface area contributed by atoms with Crippen molar-refractivity contribution in [1.29, 1.82) is 0 Å². The molecule has 0 bridgehead atoms. The van der Waals surface area contributed by atoms with Gasteiger partial charge in [0, 0.05) is 18.8 Å². The van der Waals surface area contributed by atoms with Crippen molar-refractivity contribution in [1.82, 2.24) is 5.32 Å². The van der Waals surface area contributed by atoms with Crippen molar-refractivity contribution in [3.8, 4) is 0 Å². The van der Waals surface area contributed by atoms with Gasteiger partial charge in [0.05, 0.1) is 0 Å². The Morgan fingerprint density at radius 2 is 2.00 bits per heavy atom. The molecule has 0 radical (unpaired) electrons. The largest absolute Gasteiger partial charge is 0.381 e. The van der Waals surface area contributed by atoms with Crippen LogP contribution >= 0.6 is 0 Å². The molecule has 0 aromatic heterocycles. The Balaban J connectivity index is 2.19. The summed E-state index contributed by atoms with van der Waals surface area (Å²) in [6, 6.07) is 0. The highest BCUT2D eigenvalue weighted by Gasteiger charge is 2.15. The summed E-state index contributed by atoms with van der Waals surface area (Å²) >= 11 is 0. The van der Waals surface area contributed by atoms with Crippen LogP contribution < -0.4 is 5.32 Å². The summed E-state index contributed by atoms with van der Waals surface area (Å²) < 4.78 is 5.43. The van der Waals surface area contributed by atoms with Gasteiger partial charge in [0.15, 0.2) is 0 Å². The molecule has 0 amide bonds. The maximum absolute atomic E-state index is 5.43. The minimum absolute atomic E-state index is 0.257. The predicted molar refractivity (Wildman–Crippen MR) is 55.9 cm³/mol. The van der Waals surface area contributed by atoms with Crippen LogP contribution in [-0.4, -0.2) is 25.3 Å². The molecule has 1 atom stereocenters. The van der Waals surface area contributed by atoms with E-state index in [1.165, 1.54) is 19.3 Å². The summed E-state index contributed by atoms with van der Waals surface area (Å²) in [5.41, 5.74) is 0.257. The average Bonchev–Trinajstić information content (AvgIpc) is 2.26. The standard InChI is InChI=1S/C11H23NO/c1-11(2,3)12-9-10-5-4-7-13-8-6-10/h10,12H,4-9H2,1-3H3. The fourth-order valence-corrected chi connectivity index (χ4v) is 1.63. The third-order valence-corrected chi connectivity index (χ3v) is 2.49. The summed E-state index contributed by atoms with van der Waals surface area (Å²) in [6.07, 6.45) is 3.78. The fraction of sp³-hybridized carbons (Fsp3) is 1.00. The lowest BCUT2D eigenvalue weighted by atomic mass is 9.99. The maximum atomic E-state index is 5.43. The van der Waals surface area contributed by atoms with E-state index in [9.17, 15) is 0 Å². The quantitative estimate of drug-likeness (QED) is 0.712. The first kappa shape index (κ1) is 11.0. The second-order valence-electron chi connectivity index (χ2n) is 5.04. The van der Waals surface area contributed by atoms with Crippen LogP contribution in [0.15, 0.2) is 0 Å². The second kappa shape index (κ2) is 4.97. The van der Waals surface area contributed by atoms with Gasteiger partial charge < -0.3 is 10.1 Å². The van der Waals surface area contributed by atoms with Gasteiger partial charge in [-0.25, -0.2) is 0 Å². The van der Waals surface area contributed by atoms with Gasteiger partial charge in [-0.05, 0) is 52.5 Å². The predicted octanol–water partition coefficient (Wildman–Crippen LogP) is 2.19. The SMILES string of the molecule is CC(C)(C)NCC1CCCOCC1. The Morgan fingerprint density at radius 3 is 2.69 bits per heavy atom. The average molecular weight is 185 g/mol. The zero-order chi connectivity index (χ0) is 9.73. The highest BCUT2D eigenvalue weighted by molar-refractivity contribution is 4.74. The van der Waals surface area contributed by atoms with E-state index < -0.39 is 0 Å². The van der Waals surface area contributed by atoms with Crippen molar-refractivity contribution in [2.75, 3.05) is 19.8 Å². The number of nitrogens with one attached hydrogen (secondary N) is 1. The molecule has 0 aliphatic carbocycles. The molecule has 0 spiro atoms. The van der Waals surface area contributed by atoms with Crippen LogP contribution in [0.4, 0.5) is 0 Å². The van der Waals surface area contributed by atoms with E-state index in [0.29, 0.717) is 0 Å². The van der Waals surface area contributed by atoms with Gasteiger partial charge in [0.1, 0.15) is 0 Å². The van der Waals surface area contributed by atoms with Crippen molar-refractivity contribution in [2.45, 2.75) is 45.6 Å². The van der Waals surface area contributed by atoms with Crippen LogP contribution in [0.2, 0.25) is 0 Å². The summed E-state index contributed by atoms with van der Waals surface area (Å²) in [5, 5.41) is 3.56. The molecule has 1 heterocycles. The van der Waals surface area contributed by atoms with Crippen molar-refractivity contribution in [3.63, 3.8) is 0 Å². The molecule has 0 aromatic carbocycles. The van der Waals surface area contributed by atoms with E-state index in [-0.39, 0.29) is 5.54 Å². The highest BCUT2D eigenvalue weighted by Crippen LogP contribution is 2.15. The van der Waals surface area contributed by atoms with Gasteiger partial charge in [-0.3, -0.25) is 0 Å². The molecule has 1 rings (SSSR count). The lowest BCUT2D eigenvalue weighted by Gasteiger charge is -2.24. The topological polar surface area (TPSA) is 21.3 Å². The number of hydrogen-bond donors (Lipinski definition) is 1. The number of hydrogen-bond acceptors (Lipinski definition) is 2. The Kier molecular flexibility index (Phi) is 4.20. The van der Waals surface area contributed by atoms with Crippen LogP contribution in [0, 0.1) is 5.92 Å². The molecule has 2 heteroatoms. The molecule has 1 saturated heterocycles. The van der Waals surface area contributed by atoms with Crippen molar-refractivity contribution >= 4 is 0 Å². The lowest BCUT2D eigenvalue weighted by molar-refractivity contribution is 0.141. The van der Waals surface area contributed by atoms with Gasteiger partial charge in [-0.15, -0.1) is 0 Å². The molecule has 0 aromatic rings.